The first-order valence-corrected chi connectivity index (χ1v) is 8.31. The highest BCUT2D eigenvalue weighted by atomic mass is 14.3. The summed E-state index contributed by atoms with van der Waals surface area (Å²) >= 11 is 0. The molecule has 0 fully saturated rings. The van der Waals surface area contributed by atoms with Crippen LogP contribution in [0.25, 0.3) is 0 Å². The standard InChI is InChI=1S/C18H38/c1-9-10-11-15(6)12-18(14(4)5)17(8)16(7)13(2)3/h13-18H,9-12H2,1-8H3. The Morgan fingerprint density at radius 3 is 1.67 bits per heavy atom. The van der Waals surface area contributed by atoms with Gasteiger partial charge in [-0.05, 0) is 41.9 Å². The lowest BCUT2D eigenvalue weighted by Gasteiger charge is -2.35. The van der Waals surface area contributed by atoms with Crippen molar-refractivity contribution in [3.63, 3.8) is 0 Å². The second-order valence-corrected chi connectivity index (χ2v) is 7.35. The van der Waals surface area contributed by atoms with Crippen molar-refractivity contribution in [2.24, 2.45) is 35.5 Å². The minimum Gasteiger partial charge on any atom is -0.0654 e. The van der Waals surface area contributed by atoms with Gasteiger partial charge in [0, 0.05) is 0 Å². The van der Waals surface area contributed by atoms with Crippen LogP contribution in [-0.4, -0.2) is 0 Å². The molecule has 0 N–H and O–H groups in total. The largest absolute Gasteiger partial charge is 0.0654 e. The van der Waals surface area contributed by atoms with E-state index in [4.69, 9.17) is 0 Å². The number of unbranched alkanes of at least 4 members (excludes halogenated alkanes) is 1. The van der Waals surface area contributed by atoms with Gasteiger partial charge in [0.25, 0.3) is 0 Å². The van der Waals surface area contributed by atoms with Crippen LogP contribution in [-0.2, 0) is 0 Å². The molecule has 0 heteroatoms. The normalized spacial score (nSPS) is 19.0. The van der Waals surface area contributed by atoms with Crippen LogP contribution in [0.5, 0.6) is 0 Å². The van der Waals surface area contributed by atoms with E-state index in [0.29, 0.717) is 0 Å². The first-order valence-electron chi connectivity index (χ1n) is 8.31. The quantitative estimate of drug-likeness (QED) is 0.446. The van der Waals surface area contributed by atoms with Gasteiger partial charge in [-0.15, -0.1) is 0 Å². The van der Waals surface area contributed by atoms with E-state index in [1.165, 1.54) is 25.7 Å². The van der Waals surface area contributed by atoms with Gasteiger partial charge in [0.1, 0.15) is 0 Å². The summed E-state index contributed by atoms with van der Waals surface area (Å²) in [6, 6.07) is 0. The van der Waals surface area contributed by atoms with E-state index in [1.807, 2.05) is 0 Å². The molecule has 18 heavy (non-hydrogen) atoms. The molecule has 0 saturated heterocycles. The monoisotopic (exact) mass is 254 g/mol. The molecule has 4 atom stereocenters. The second kappa shape index (κ2) is 8.99. The number of hydrogen-bond acceptors (Lipinski definition) is 0. The topological polar surface area (TPSA) is 0 Å². The Kier molecular flexibility index (Phi) is 8.99. The molecule has 0 aromatic heterocycles. The summed E-state index contributed by atoms with van der Waals surface area (Å²) in [7, 11) is 0. The predicted octanol–water partition coefficient (Wildman–Crippen LogP) is 6.40. The van der Waals surface area contributed by atoms with E-state index in [9.17, 15) is 0 Å². The summed E-state index contributed by atoms with van der Waals surface area (Å²) in [6.45, 7) is 19.3. The van der Waals surface area contributed by atoms with Gasteiger partial charge in [0.05, 0.1) is 0 Å². The summed E-state index contributed by atoms with van der Waals surface area (Å²) in [4.78, 5) is 0. The van der Waals surface area contributed by atoms with Gasteiger partial charge in [-0.25, -0.2) is 0 Å². The lowest BCUT2D eigenvalue weighted by Crippen LogP contribution is -2.28. The highest BCUT2D eigenvalue weighted by Gasteiger charge is 2.28. The molecule has 4 unspecified atom stereocenters. The van der Waals surface area contributed by atoms with Crippen molar-refractivity contribution in [1.29, 1.82) is 0 Å². The van der Waals surface area contributed by atoms with E-state index in [-0.39, 0.29) is 0 Å². The van der Waals surface area contributed by atoms with Gasteiger partial charge < -0.3 is 0 Å². The Balaban J connectivity index is 4.46. The molecule has 0 aliphatic heterocycles. The van der Waals surface area contributed by atoms with Gasteiger partial charge in [-0.3, -0.25) is 0 Å². The van der Waals surface area contributed by atoms with Crippen LogP contribution in [0.3, 0.4) is 0 Å². The molecule has 0 radical (unpaired) electrons. The van der Waals surface area contributed by atoms with Crippen molar-refractivity contribution in [2.75, 3.05) is 0 Å². The Morgan fingerprint density at radius 2 is 1.28 bits per heavy atom. The van der Waals surface area contributed by atoms with Crippen molar-refractivity contribution >= 4 is 0 Å². The molecule has 0 aromatic carbocycles. The second-order valence-electron chi connectivity index (χ2n) is 7.35. The minimum absolute atomic E-state index is 0.812. The van der Waals surface area contributed by atoms with Crippen LogP contribution in [0.4, 0.5) is 0 Å². The predicted molar refractivity (Wildman–Crippen MR) is 84.8 cm³/mol. The number of rotatable bonds is 9. The van der Waals surface area contributed by atoms with E-state index in [0.717, 1.165) is 35.5 Å². The van der Waals surface area contributed by atoms with Crippen molar-refractivity contribution in [1.82, 2.24) is 0 Å². The van der Waals surface area contributed by atoms with Crippen LogP contribution < -0.4 is 0 Å². The average Bonchev–Trinajstić information content (AvgIpc) is 2.30. The van der Waals surface area contributed by atoms with Crippen LogP contribution in [0.15, 0.2) is 0 Å². The molecule has 110 valence electrons. The van der Waals surface area contributed by atoms with Crippen LogP contribution in [0.1, 0.15) is 81.1 Å². The molecular formula is C18H38. The Labute approximate surface area is 117 Å². The molecule has 0 amide bonds. The maximum atomic E-state index is 2.49. The smallest absolute Gasteiger partial charge is 0.0360 e. The average molecular weight is 255 g/mol. The third-order valence-corrected chi connectivity index (χ3v) is 5.14. The molecule has 0 bridgehead atoms. The fourth-order valence-electron chi connectivity index (χ4n) is 3.23. The fourth-order valence-corrected chi connectivity index (χ4v) is 3.23. The molecule has 0 heterocycles. The minimum atomic E-state index is 0.812. The summed E-state index contributed by atoms with van der Waals surface area (Å²) in [5.74, 6) is 5.13. The maximum Gasteiger partial charge on any atom is -0.0360 e. The lowest BCUT2D eigenvalue weighted by atomic mass is 9.70. The summed E-state index contributed by atoms with van der Waals surface area (Å²) in [6.07, 6.45) is 5.59. The Morgan fingerprint density at radius 1 is 0.722 bits per heavy atom. The molecular weight excluding hydrogens is 216 g/mol. The first kappa shape index (κ1) is 18.0. The van der Waals surface area contributed by atoms with Crippen molar-refractivity contribution in [2.45, 2.75) is 81.1 Å². The van der Waals surface area contributed by atoms with Crippen molar-refractivity contribution in [3.8, 4) is 0 Å². The zero-order chi connectivity index (χ0) is 14.3. The first-order chi connectivity index (χ1) is 8.31. The van der Waals surface area contributed by atoms with Gasteiger partial charge in [0.2, 0.25) is 0 Å². The molecule has 0 spiro atoms. The molecule has 0 aromatic rings. The SMILES string of the molecule is CCCCC(C)CC(C(C)C)C(C)C(C)C(C)C. The van der Waals surface area contributed by atoms with Gasteiger partial charge in [0.15, 0.2) is 0 Å². The molecule has 0 aliphatic carbocycles. The lowest BCUT2D eigenvalue weighted by molar-refractivity contribution is 0.141. The van der Waals surface area contributed by atoms with Crippen LogP contribution in [0, 0.1) is 35.5 Å². The summed E-state index contributed by atoms with van der Waals surface area (Å²) in [5.41, 5.74) is 0. The Hall–Kier alpha value is 0. The van der Waals surface area contributed by atoms with E-state index >= 15 is 0 Å². The third kappa shape index (κ3) is 6.25. The third-order valence-electron chi connectivity index (χ3n) is 5.14. The zero-order valence-corrected chi connectivity index (χ0v) is 14.3. The molecule has 0 aliphatic rings. The number of hydrogen-bond donors (Lipinski definition) is 0. The van der Waals surface area contributed by atoms with E-state index in [2.05, 4.69) is 55.4 Å². The summed E-state index contributed by atoms with van der Waals surface area (Å²) < 4.78 is 0. The van der Waals surface area contributed by atoms with Crippen LogP contribution in [0.2, 0.25) is 0 Å². The van der Waals surface area contributed by atoms with E-state index in [1.54, 1.807) is 0 Å². The maximum absolute atomic E-state index is 2.49. The fraction of sp³-hybridized carbons (Fsp3) is 1.00. The van der Waals surface area contributed by atoms with Crippen molar-refractivity contribution < 1.29 is 0 Å². The van der Waals surface area contributed by atoms with Crippen molar-refractivity contribution in [3.05, 3.63) is 0 Å². The zero-order valence-electron chi connectivity index (χ0n) is 14.3. The van der Waals surface area contributed by atoms with Gasteiger partial charge >= 0.3 is 0 Å². The molecule has 0 rings (SSSR count). The Bertz CT molecular complexity index is 192. The van der Waals surface area contributed by atoms with E-state index < -0.39 is 0 Å². The van der Waals surface area contributed by atoms with Crippen LogP contribution >= 0.6 is 0 Å². The van der Waals surface area contributed by atoms with Gasteiger partial charge in [-0.1, -0.05) is 74.7 Å². The summed E-state index contributed by atoms with van der Waals surface area (Å²) in [5, 5.41) is 0. The molecule has 0 saturated carbocycles. The highest BCUT2D eigenvalue weighted by Crippen LogP contribution is 2.36. The molecule has 0 nitrogen and oxygen atoms in total. The highest BCUT2D eigenvalue weighted by molar-refractivity contribution is 4.77. The van der Waals surface area contributed by atoms with Gasteiger partial charge in [-0.2, -0.15) is 0 Å².